The summed E-state index contributed by atoms with van der Waals surface area (Å²) in [6.45, 7) is 1.94. The van der Waals surface area contributed by atoms with E-state index in [1.165, 1.54) is 18.2 Å². The van der Waals surface area contributed by atoms with E-state index in [1.807, 2.05) is 30.3 Å². The third-order valence-corrected chi connectivity index (χ3v) is 3.93. The van der Waals surface area contributed by atoms with Crippen molar-refractivity contribution in [2.75, 3.05) is 18.8 Å². The molecular formula is C14H18N2O2S. The molecule has 102 valence electrons. The van der Waals surface area contributed by atoms with Crippen LogP contribution in [-0.2, 0) is 4.79 Å². The number of rotatable bonds is 3. The van der Waals surface area contributed by atoms with E-state index in [9.17, 15) is 4.79 Å². The van der Waals surface area contributed by atoms with Crippen LogP contribution in [0.1, 0.15) is 19.3 Å². The van der Waals surface area contributed by atoms with Crippen molar-refractivity contribution in [1.29, 1.82) is 0 Å². The first-order chi connectivity index (χ1) is 9.25. The fraction of sp³-hybridized carbons (Fsp3) is 0.429. The van der Waals surface area contributed by atoms with Gasteiger partial charge >= 0.3 is 5.97 Å². The Balaban J connectivity index is 2.12. The molecule has 0 bridgehead atoms. The third-order valence-electron chi connectivity index (χ3n) is 2.93. The Kier molecular flexibility index (Phi) is 5.27. The van der Waals surface area contributed by atoms with Crippen LogP contribution < -0.4 is 0 Å². The molecule has 0 spiro atoms. The van der Waals surface area contributed by atoms with Crippen molar-refractivity contribution in [3.05, 3.63) is 30.3 Å². The van der Waals surface area contributed by atoms with Crippen LogP contribution in [0.15, 0.2) is 35.3 Å². The molecule has 1 saturated heterocycles. The number of thioether (sulfide) groups is 1. The fourth-order valence-electron chi connectivity index (χ4n) is 2.02. The minimum Gasteiger partial charge on any atom is -0.481 e. The Morgan fingerprint density at radius 3 is 2.53 bits per heavy atom. The lowest BCUT2D eigenvalue weighted by Crippen LogP contribution is -2.34. The molecule has 0 saturated carbocycles. The van der Waals surface area contributed by atoms with Crippen molar-refractivity contribution >= 4 is 28.6 Å². The number of carboxylic acid groups (broad SMARTS) is 1. The first-order valence-electron chi connectivity index (χ1n) is 6.49. The summed E-state index contributed by atoms with van der Waals surface area (Å²) < 4.78 is 0. The summed E-state index contributed by atoms with van der Waals surface area (Å²) in [5.74, 6) is -0.745. The lowest BCUT2D eigenvalue weighted by molar-refractivity contribution is -0.133. The van der Waals surface area contributed by atoms with E-state index < -0.39 is 5.97 Å². The number of carboxylic acids is 1. The van der Waals surface area contributed by atoms with E-state index in [0.717, 1.165) is 36.8 Å². The number of aliphatic carboxylic acids is 1. The van der Waals surface area contributed by atoms with Crippen molar-refractivity contribution in [2.24, 2.45) is 4.99 Å². The van der Waals surface area contributed by atoms with Gasteiger partial charge in [-0.05, 0) is 31.4 Å². The second-order valence-corrected chi connectivity index (χ2v) is 5.40. The topological polar surface area (TPSA) is 52.9 Å². The molecule has 4 nitrogen and oxygen atoms in total. The normalized spacial score (nSPS) is 16.4. The molecule has 0 unspecified atom stereocenters. The van der Waals surface area contributed by atoms with Gasteiger partial charge in [0.2, 0.25) is 0 Å². The molecule has 2 rings (SSSR count). The summed E-state index contributed by atoms with van der Waals surface area (Å²) in [5, 5.41) is 9.66. The van der Waals surface area contributed by atoms with Gasteiger partial charge in [-0.15, -0.1) is 0 Å². The molecule has 1 fully saturated rings. The maximum Gasteiger partial charge on any atom is 0.313 e. The average molecular weight is 278 g/mol. The van der Waals surface area contributed by atoms with Crippen molar-refractivity contribution in [3.63, 3.8) is 0 Å². The highest BCUT2D eigenvalue weighted by atomic mass is 32.2. The molecule has 0 radical (unpaired) electrons. The number of para-hydroxylation sites is 1. The van der Waals surface area contributed by atoms with Gasteiger partial charge in [0.25, 0.3) is 0 Å². The van der Waals surface area contributed by atoms with Crippen LogP contribution in [0.2, 0.25) is 0 Å². The van der Waals surface area contributed by atoms with E-state index in [-0.39, 0.29) is 5.75 Å². The van der Waals surface area contributed by atoms with E-state index in [4.69, 9.17) is 5.11 Å². The van der Waals surface area contributed by atoms with E-state index in [1.54, 1.807) is 0 Å². The minimum atomic E-state index is -0.803. The van der Waals surface area contributed by atoms with Gasteiger partial charge in [0.1, 0.15) is 0 Å². The molecule has 0 amide bonds. The molecule has 1 heterocycles. The summed E-state index contributed by atoms with van der Waals surface area (Å²) in [6.07, 6.45) is 3.56. The maximum atomic E-state index is 10.7. The van der Waals surface area contributed by atoms with Crippen molar-refractivity contribution in [2.45, 2.75) is 19.3 Å². The van der Waals surface area contributed by atoms with Crippen LogP contribution in [0.4, 0.5) is 5.69 Å². The number of hydrogen-bond donors (Lipinski definition) is 1. The number of amidine groups is 1. The predicted octanol–water partition coefficient (Wildman–Crippen LogP) is 2.98. The SMILES string of the molecule is O=C(O)CSC(=Nc1ccccc1)N1CCCCC1. The van der Waals surface area contributed by atoms with Gasteiger partial charge < -0.3 is 10.0 Å². The summed E-state index contributed by atoms with van der Waals surface area (Å²) in [5.41, 5.74) is 0.876. The average Bonchev–Trinajstić information content (AvgIpc) is 2.45. The second-order valence-electron chi connectivity index (χ2n) is 4.46. The Morgan fingerprint density at radius 1 is 1.21 bits per heavy atom. The molecule has 0 aliphatic carbocycles. The van der Waals surface area contributed by atoms with E-state index in [2.05, 4.69) is 9.89 Å². The number of aliphatic imine (C=N–C) groups is 1. The van der Waals surface area contributed by atoms with Crippen molar-refractivity contribution in [3.8, 4) is 0 Å². The van der Waals surface area contributed by atoms with Gasteiger partial charge in [0.15, 0.2) is 5.17 Å². The summed E-state index contributed by atoms with van der Waals surface area (Å²) in [6, 6.07) is 9.70. The largest absolute Gasteiger partial charge is 0.481 e. The lowest BCUT2D eigenvalue weighted by Gasteiger charge is -2.29. The number of hydrogen-bond acceptors (Lipinski definition) is 3. The van der Waals surface area contributed by atoms with Gasteiger partial charge in [0.05, 0.1) is 11.4 Å². The highest BCUT2D eigenvalue weighted by molar-refractivity contribution is 8.14. The zero-order chi connectivity index (χ0) is 13.5. The molecule has 1 aromatic carbocycles. The Labute approximate surface area is 117 Å². The van der Waals surface area contributed by atoms with Crippen LogP contribution in [0.5, 0.6) is 0 Å². The van der Waals surface area contributed by atoms with Gasteiger partial charge in [0, 0.05) is 13.1 Å². The highest BCUT2D eigenvalue weighted by Gasteiger charge is 2.16. The molecule has 1 aromatic rings. The van der Waals surface area contributed by atoms with E-state index >= 15 is 0 Å². The van der Waals surface area contributed by atoms with Gasteiger partial charge in [-0.2, -0.15) is 0 Å². The van der Waals surface area contributed by atoms with Crippen LogP contribution >= 0.6 is 11.8 Å². The molecule has 0 atom stereocenters. The number of carbonyl (C=O) groups is 1. The van der Waals surface area contributed by atoms with E-state index in [0.29, 0.717) is 0 Å². The summed E-state index contributed by atoms with van der Waals surface area (Å²) in [4.78, 5) is 17.5. The van der Waals surface area contributed by atoms with Crippen molar-refractivity contribution < 1.29 is 9.90 Å². The molecule has 0 aromatic heterocycles. The second kappa shape index (κ2) is 7.19. The van der Waals surface area contributed by atoms with Crippen LogP contribution in [0.25, 0.3) is 0 Å². The monoisotopic (exact) mass is 278 g/mol. The third kappa shape index (κ3) is 4.59. The molecule has 1 aliphatic heterocycles. The number of likely N-dealkylation sites (tertiary alicyclic amines) is 1. The Morgan fingerprint density at radius 2 is 1.89 bits per heavy atom. The first kappa shape index (κ1) is 13.9. The molecular weight excluding hydrogens is 260 g/mol. The maximum absolute atomic E-state index is 10.7. The van der Waals surface area contributed by atoms with Crippen LogP contribution in [-0.4, -0.2) is 40.0 Å². The first-order valence-corrected chi connectivity index (χ1v) is 7.47. The highest BCUT2D eigenvalue weighted by Crippen LogP contribution is 2.20. The summed E-state index contributed by atoms with van der Waals surface area (Å²) >= 11 is 1.31. The zero-order valence-electron chi connectivity index (χ0n) is 10.8. The van der Waals surface area contributed by atoms with Gasteiger partial charge in [-0.1, -0.05) is 30.0 Å². The Bertz CT molecular complexity index is 442. The van der Waals surface area contributed by atoms with Gasteiger partial charge in [-0.25, -0.2) is 4.99 Å². The summed E-state index contributed by atoms with van der Waals surface area (Å²) in [7, 11) is 0. The van der Waals surface area contributed by atoms with Crippen LogP contribution in [0, 0.1) is 0 Å². The molecule has 1 N–H and O–H groups in total. The number of nitrogens with zero attached hydrogens (tertiary/aromatic N) is 2. The lowest BCUT2D eigenvalue weighted by atomic mass is 10.1. The standard InChI is InChI=1S/C14H18N2O2S/c17-13(18)11-19-14(16-9-5-2-6-10-16)15-12-7-3-1-4-8-12/h1,3-4,7-8H,2,5-6,9-11H2,(H,17,18). The molecule has 1 aliphatic rings. The number of piperidine rings is 1. The quantitative estimate of drug-likeness (QED) is 0.682. The minimum absolute atomic E-state index is 0.0577. The Hall–Kier alpha value is -1.49. The van der Waals surface area contributed by atoms with Crippen LogP contribution in [0.3, 0.4) is 0 Å². The number of benzene rings is 1. The molecule has 5 heteroatoms. The zero-order valence-corrected chi connectivity index (χ0v) is 11.6. The van der Waals surface area contributed by atoms with Crippen molar-refractivity contribution in [1.82, 2.24) is 4.90 Å². The molecule has 19 heavy (non-hydrogen) atoms. The van der Waals surface area contributed by atoms with Gasteiger partial charge in [-0.3, -0.25) is 4.79 Å². The smallest absolute Gasteiger partial charge is 0.313 e. The predicted molar refractivity (Wildman–Crippen MR) is 79.1 cm³/mol. The fourth-order valence-corrected chi connectivity index (χ4v) is 2.81.